The van der Waals surface area contributed by atoms with Crippen LogP contribution < -0.4 is 19.6 Å². The molecule has 4 aromatic rings. The number of rotatable bonds is 3. The number of para-hydroxylation sites is 2. The molecule has 2 heterocycles. The Bertz CT molecular complexity index is 1260. The Hall–Kier alpha value is -3.19. The summed E-state index contributed by atoms with van der Waals surface area (Å²) in [6.45, 7) is 1.33. The van der Waals surface area contributed by atoms with Crippen molar-refractivity contribution < 1.29 is 14.3 Å². The lowest BCUT2D eigenvalue weighted by atomic mass is 10.2. The average molecular weight is 366 g/mol. The number of methoxy groups -OCH3 is 1. The van der Waals surface area contributed by atoms with Crippen molar-refractivity contribution in [1.29, 1.82) is 0 Å². The van der Waals surface area contributed by atoms with E-state index in [1.54, 1.807) is 28.7 Å². The molecule has 2 aromatic carbocycles. The smallest absolute Gasteiger partial charge is 0.308 e. The molecular formula is C19H14N2O4S. The van der Waals surface area contributed by atoms with Crippen molar-refractivity contribution in [2.75, 3.05) is 7.11 Å². The summed E-state index contributed by atoms with van der Waals surface area (Å²) in [5.74, 6) is 0.341. The molecule has 4 rings (SSSR count). The highest BCUT2D eigenvalue weighted by Crippen LogP contribution is 2.28. The minimum Gasteiger partial charge on any atom is -0.493 e. The maximum absolute atomic E-state index is 12.8. The number of fused-ring (bicyclic) bond motifs is 3. The van der Waals surface area contributed by atoms with Crippen LogP contribution in [0.15, 0.2) is 47.3 Å². The first-order valence-electron chi connectivity index (χ1n) is 7.85. The van der Waals surface area contributed by atoms with Gasteiger partial charge in [0.05, 0.1) is 22.7 Å². The molecule has 0 saturated heterocycles. The van der Waals surface area contributed by atoms with Gasteiger partial charge in [0, 0.05) is 6.92 Å². The summed E-state index contributed by atoms with van der Waals surface area (Å²) in [6.07, 6.45) is 1.77. The normalized spacial score (nSPS) is 12.0. The number of thiazole rings is 1. The summed E-state index contributed by atoms with van der Waals surface area (Å²) in [5, 5.41) is 0. The summed E-state index contributed by atoms with van der Waals surface area (Å²) in [4.78, 5) is 29.1. The molecule has 0 unspecified atom stereocenters. The molecule has 0 fully saturated rings. The first-order valence-corrected chi connectivity index (χ1v) is 8.66. The Balaban J connectivity index is 1.85. The van der Waals surface area contributed by atoms with Crippen LogP contribution in [0, 0.1) is 0 Å². The predicted octanol–water partition coefficient (Wildman–Crippen LogP) is 2.39. The second-order valence-corrected chi connectivity index (χ2v) is 6.65. The van der Waals surface area contributed by atoms with E-state index in [1.807, 2.05) is 24.3 Å². The lowest BCUT2D eigenvalue weighted by Gasteiger charge is -2.08. The Labute approximate surface area is 151 Å². The van der Waals surface area contributed by atoms with E-state index in [0.29, 0.717) is 21.0 Å². The van der Waals surface area contributed by atoms with Crippen LogP contribution in [0.5, 0.6) is 11.5 Å². The molecular weight excluding hydrogens is 352 g/mol. The molecule has 26 heavy (non-hydrogen) atoms. The van der Waals surface area contributed by atoms with Gasteiger partial charge in [-0.3, -0.25) is 9.59 Å². The number of carbonyl (C=O) groups excluding carboxylic acids is 1. The van der Waals surface area contributed by atoms with Crippen molar-refractivity contribution >= 4 is 39.4 Å². The number of carbonyl (C=O) groups is 1. The molecule has 0 radical (unpaired) electrons. The van der Waals surface area contributed by atoms with Crippen molar-refractivity contribution in [1.82, 2.24) is 9.38 Å². The zero-order valence-corrected chi connectivity index (χ0v) is 14.9. The SMILES string of the molecule is COc1cc(/C=c2/sc3nc4ccccc4n3c2=O)ccc1OC(C)=O. The molecule has 2 aromatic heterocycles. The van der Waals surface area contributed by atoms with Crippen LogP contribution in [-0.4, -0.2) is 22.5 Å². The van der Waals surface area contributed by atoms with E-state index in [4.69, 9.17) is 9.47 Å². The van der Waals surface area contributed by atoms with Crippen LogP contribution in [0.25, 0.3) is 22.1 Å². The fraction of sp³-hybridized carbons (Fsp3) is 0.105. The zero-order valence-electron chi connectivity index (χ0n) is 14.1. The monoisotopic (exact) mass is 366 g/mol. The second kappa shape index (κ2) is 6.27. The average Bonchev–Trinajstić information content (AvgIpc) is 3.12. The van der Waals surface area contributed by atoms with E-state index < -0.39 is 5.97 Å². The van der Waals surface area contributed by atoms with Crippen LogP contribution >= 0.6 is 11.3 Å². The molecule has 130 valence electrons. The topological polar surface area (TPSA) is 69.9 Å². The first-order chi connectivity index (χ1) is 12.6. The molecule has 0 aliphatic carbocycles. The summed E-state index contributed by atoms with van der Waals surface area (Å²) in [7, 11) is 1.50. The standard InChI is InChI=1S/C19H14N2O4S/c1-11(22)25-15-8-7-12(9-16(15)24-2)10-17-18(23)21-14-6-4-3-5-13(14)20-19(21)26-17/h3-10H,1-2H3/b17-10+. The Morgan fingerprint density at radius 1 is 1.19 bits per heavy atom. The van der Waals surface area contributed by atoms with E-state index in [0.717, 1.165) is 16.6 Å². The minimum absolute atomic E-state index is 0.110. The van der Waals surface area contributed by atoms with Gasteiger partial charge in [-0.05, 0) is 35.9 Å². The van der Waals surface area contributed by atoms with Gasteiger partial charge in [-0.1, -0.05) is 29.5 Å². The van der Waals surface area contributed by atoms with Crippen LogP contribution in [-0.2, 0) is 4.79 Å². The quantitative estimate of drug-likeness (QED) is 0.411. The number of ether oxygens (including phenoxy) is 2. The lowest BCUT2D eigenvalue weighted by molar-refractivity contribution is -0.132. The summed E-state index contributed by atoms with van der Waals surface area (Å²) in [6, 6.07) is 12.7. The molecule has 0 saturated carbocycles. The van der Waals surface area contributed by atoms with Gasteiger partial charge in [0.2, 0.25) is 0 Å². The van der Waals surface area contributed by atoms with E-state index in [2.05, 4.69) is 4.98 Å². The van der Waals surface area contributed by atoms with Crippen molar-refractivity contribution in [3.8, 4) is 11.5 Å². The highest BCUT2D eigenvalue weighted by Gasteiger charge is 2.11. The van der Waals surface area contributed by atoms with Crippen molar-refractivity contribution in [3.63, 3.8) is 0 Å². The Kier molecular flexibility index (Phi) is 3.93. The Morgan fingerprint density at radius 2 is 2.00 bits per heavy atom. The lowest BCUT2D eigenvalue weighted by Crippen LogP contribution is -2.22. The zero-order chi connectivity index (χ0) is 18.3. The van der Waals surface area contributed by atoms with Gasteiger partial charge in [-0.15, -0.1) is 0 Å². The molecule has 0 amide bonds. The third kappa shape index (κ3) is 2.72. The molecule has 0 aliphatic rings. The van der Waals surface area contributed by atoms with Crippen LogP contribution in [0.3, 0.4) is 0 Å². The van der Waals surface area contributed by atoms with E-state index in [9.17, 15) is 9.59 Å². The number of hydrogen-bond donors (Lipinski definition) is 0. The number of imidazole rings is 1. The first kappa shape index (κ1) is 16.3. The second-order valence-electron chi connectivity index (χ2n) is 5.64. The van der Waals surface area contributed by atoms with Gasteiger partial charge < -0.3 is 9.47 Å². The third-order valence-corrected chi connectivity index (χ3v) is 4.85. The summed E-state index contributed by atoms with van der Waals surface area (Å²) >= 11 is 1.33. The highest BCUT2D eigenvalue weighted by molar-refractivity contribution is 7.15. The molecule has 0 aliphatic heterocycles. The van der Waals surface area contributed by atoms with Crippen molar-refractivity contribution in [3.05, 3.63) is 62.9 Å². The largest absolute Gasteiger partial charge is 0.493 e. The van der Waals surface area contributed by atoms with Gasteiger partial charge in [-0.25, -0.2) is 9.38 Å². The van der Waals surface area contributed by atoms with Gasteiger partial charge in [0.25, 0.3) is 5.56 Å². The van der Waals surface area contributed by atoms with Gasteiger partial charge in [0.1, 0.15) is 0 Å². The van der Waals surface area contributed by atoms with E-state index in [-0.39, 0.29) is 5.56 Å². The molecule has 0 spiro atoms. The third-order valence-electron chi connectivity index (χ3n) is 3.88. The van der Waals surface area contributed by atoms with Crippen LogP contribution in [0.2, 0.25) is 0 Å². The molecule has 6 nitrogen and oxygen atoms in total. The van der Waals surface area contributed by atoms with Gasteiger partial charge in [-0.2, -0.15) is 0 Å². The predicted molar refractivity (Wildman–Crippen MR) is 99.9 cm³/mol. The summed E-state index contributed by atoms with van der Waals surface area (Å²) in [5.41, 5.74) is 2.26. The molecule has 0 atom stereocenters. The maximum Gasteiger partial charge on any atom is 0.308 e. The number of esters is 1. The van der Waals surface area contributed by atoms with Crippen LogP contribution in [0.4, 0.5) is 0 Å². The summed E-state index contributed by atoms with van der Waals surface area (Å²) < 4.78 is 12.6. The van der Waals surface area contributed by atoms with E-state index in [1.165, 1.54) is 25.4 Å². The number of benzene rings is 2. The fourth-order valence-corrected chi connectivity index (χ4v) is 3.76. The van der Waals surface area contributed by atoms with Crippen LogP contribution in [0.1, 0.15) is 12.5 Å². The molecule has 0 bridgehead atoms. The molecule has 0 N–H and O–H groups in total. The maximum atomic E-state index is 12.8. The number of nitrogens with zero attached hydrogens (tertiary/aromatic N) is 2. The van der Waals surface area contributed by atoms with Gasteiger partial charge in [0.15, 0.2) is 16.5 Å². The fourth-order valence-electron chi connectivity index (χ4n) is 2.78. The number of aromatic nitrogens is 2. The highest BCUT2D eigenvalue weighted by atomic mass is 32.1. The number of hydrogen-bond acceptors (Lipinski definition) is 6. The van der Waals surface area contributed by atoms with Crippen molar-refractivity contribution in [2.45, 2.75) is 6.92 Å². The minimum atomic E-state index is -0.423. The van der Waals surface area contributed by atoms with Crippen molar-refractivity contribution in [2.24, 2.45) is 0 Å². The Morgan fingerprint density at radius 3 is 2.77 bits per heavy atom. The molecule has 7 heteroatoms. The van der Waals surface area contributed by atoms with E-state index >= 15 is 0 Å². The van der Waals surface area contributed by atoms with Gasteiger partial charge >= 0.3 is 5.97 Å².